The predicted octanol–water partition coefficient (Wildman–Crippen LogP) is 5.79. The first-order chi connectivity index (χ1) is 19.4. The number of nitrogens with one attached hydrogen (secondary N) is 2. The Morgan fingerprint density at radius 3 is 2.75 bits per heavy atom. The van der Waals surface area contributed by atoms with E-state index in [0.29, 0.717) is 46.7 Å². The standard InChI is InChI=1S/C31H34N4O5/c1-4-38-30(37)25-12-10-22(16-26(25)24-8-7-13-32-29(24)36)28-18-33-31(40-28)34-27-17-23(11-9-20(27)2)39-19-21(3)35-14-5-6-15-35/h7-13,16-18,21H,4-6,14-15,19H2,1-3H3,(H,32,36)(H,33,34). The zero-order chi connectivity index (χ0) is 28.1. The minimum absolute atomic E-state index is 0.228. The van der Waals surface area contributed by atoms with Gasteiger partial charge in [0.2, 0.25) is 0 Å². The molecule has 0 saturated carbocycles. The van der Waals surface area contributed by atoms with Crippen molar-refractivity contribution in [1.82, 2.24) is 14.9 Å². The highest BCUT2D eigenvalue weighted by molar-refractivity contribution is 5.98. The molecule has 1 atom stereocenters. The zero-order valence-electron chi connectivity index (χ0n) is 23.0. The number of carbonyl (C=O) groups excluding carboxylic acids is 1. The van der Waals surface area contributed by atoms with Crippen molar-refractivity contribution < 1.29 is 18.7 Å². The molecule has 0 aliphatic carbocycles. The third kappa shape index (κ3) is 6.10. The fourth-order valence-corrected chi connectivity index (χ4v) is 4.85. The summed E-state index contributed by atoms with van der Waals surface area (Å²) in [7, 11) is 0. The average molecular weight is 543 g/mol. The molecule has 9 heteroatoms. The van der Waals surface area contributed by atoms with E-state index in [4.69, 9.17) is 13.9 Å². The van der Waals surface area contributed by atoms with Gasteiger partial charge in [-0.05, 0) is 82.6 Å². The SMILES string of the molecule is CCOC(=O)c1ccc(-c2cnc(Nc3cc(OCC(C)N4CCCC4)ccc3C)o2)cc1-c1ccc[nH]c1=O. The predicted molar refractivity (Wildman–Crippen MR) is 154 cm³/mol. The molecule has 1 aliphatic heterocycles. The Bertz CT molecular complexity index is 1540. The molecule has 4 aromatic rings. The van der Waals surface area contributed by atoms with Crippen LogP contribution in [0.4, 0.5) is 11.7 Å². The van der Waals surface area contributed by atoms with Crippen LogP contribution in [0.15, 0.2) is 70.1 Å². The maximum absolute atomic E-state index is 12.6. The number of pyridine rings is 1. The van der Waals surface area contributed by atoms with Gasteiger partial charge < -0.3 is 24.2 Å². The fraction of sp³-hybridized carbons (Fsp3) is 0.323. The highest BCUT2D eigenvalue weighted by atomic mass is 16.5. The molecule has 2 N–H and O–H groups in total. The Labute approximate surface area is 233 Å². The molecule has 2 aromatic heterocycles. The maximum Gasteiger partial charge on any atom is 0.338 e. The van der Waals surface area contributed by atoms with Crippen LogP contribution in [-0.4, -0.2) is 53.2 Å². The van der Waals surface area contributed by atoms with Crippen LogP contribution < -0.4 is 15.6 Å². The van der Waals surface area contributed by atoms with Crippen LogP contribution in [0.3, 0.4) is 0 Å². The van der Waals surface area contributed by atoms with Gasteiger partial charge in [0.05, 0.1) is 18.4 Å². The highest BCUT2D eigenvalue weighted by Gasteiger charge is 2.20. The van der Waals surface area contributed by atoms with E-state index in [1.54, 1.807) is 49.6 Å². The molecular weight excluding hydrogens is 508 g/mol. The number of ether oxygens (including phenoxy) is 2. The summed E-state index contributed by atoms with van der Waals surface area (Å²) in [5, 5.41) is 3.25. The van der Waals surface area contributed by atoms with Gasteiger partial charge in [-0.1, -0.05) is 12.1 Å². The molecule has 0 radical (unpaired) electrons. The van der Waals surface area contributed by atoms with Gasteiger partial charge in [-0.2, -0.15) is 0 Å². The lowest BCUT2D eigenvalue weighted by Crippen LogP contribution is -2.34. The van der Waals surface area contributed by atoms with Gasteiger partial charge in [0, 0.05) is 40.7 Å². The van der Waals surface area contributed by atoms with Gasteiger partial charge in [0.25, 0.3) is 11.6 Å². The molecule has 208 valence electrons. The number of hydrogen-bond acceptors (Lipinski definition) is 8. The largest absolute Gasteiger partial charge is 0.492 e. The van der Waals surface area contributed by atoms with Crippen molar-refractivity contribution in [3.8, 4) is 28.2 Å². The van der Waals surface area contributed by atoms with E-state index in [0.717, 1.165) is 30.1 Å². The first-order valence-electron chi connectivity index (χ1n) is 13.6. The van der Waals surface area contributed by atoms with Gasteiger partial charge in [0.1, 0.15) is 12.4 Å². The number of esters is 1. The maximum atomic E-state index is 12.6. The molecule has 9 nitrogen and oxygen atoms in total. The van der Waals surface area contributed by atoms with Gasteiger partial charge in [-0.3, -0.25) is 9.69 Å². The number of carbonyl (C=O) groups is 1. The zero-order valence-corrected chi connectivity index (χ0v) is 23.0. The van der Waals surface area contributed by atoms with Crippen LogP contribution in [0.2, 0.25) is 0 Å². The van der Waals surface area contributed by atoms with Crippen molar-refractivity contribution in [2.75, 3.05) is 31.6 Å². The summed E-state index contributed by atoms with van der Waals surface area (Å²) in [5.74, 6) is 0.758. The van der Waals surface area contributed by atoms with Gasteiger partial charge in [-0.25, -0.2) is 9.78 Å². The van der Waals surface area contributed by atoms with Gasteiger partial charge >= 0.3 is 5.97 Å². The number of benzene rings is 2. The Morgan fingerprint density at radius 2 is 1.98 bits per heavy atom. The molecular formula is C31H34N4O5. The van der Waals surface area contributed by atoms with E-state index in [-0.39, 0.29) is 12.2 Å². The summed E-state index contributed by atoms with van der Waals surface area (Å²) < 4.78 is 17.3. The van der Waals surface area contributed by atoms with Crippen molar-refractivity contribution in [3.63, 3.8) is 0 Å². The van der Waals surface area contributed by atoms with Gasteiger partial charge in [-0.15, -0.1) is 0 Å². The quantitative estimate of drug-likeness (QED) is 0.242. The second kappa shape index (κ2) is 12.2. The molecule has 0 amide bonds. The molecule has 5 rings (SSSR count). The second-order valence-electron chi connectivity index (χ2n) is 9.93. The summed E-state index contributed by atoms with van der Waals surface area (Å²) in [6.45, 7) is 9.06. The third-order valence-corrected chi connectivity index (χ3v) is 7.12. The molecule has 2 aromatic carbocycles. The number of aromatic nitrogens is 2. The number of rotatable bonds is 10. The van der Waals surface area contributed by atoms with E-state index >= 15 is 0 Å². The van der Waals surface area contributed by atoms with E-state index in [2.05, 4.69) is 27.1 Å². The number of aryl methyl sites for hydroxylation is 1. The lowest BCUT2D eigenvalue weighted by Gasteiger charge is -2.23. The second-order valence-corrected chi connectivity index (χ2v) is 9.93. The number of likely N-dealkylation sites (tertiary alicyclic amines) is 1. The summed E-state index contributed by atoms with van der Waals surface area (Å²) >= 11 is 0. The monoisotopic (exact) mass is 542 g/mol. The molecule has 1 fully saturated rings. The normalized spacial score (nSPS) is 14.2. The van der Waals surface area contributed by atoms with E-state index < -0.39 is 5.97 Å². The van der Waals surface area contributed by atoms with Crippen molar-refractivity contribution in [2.24, 2.45) is 0 Å². The van der Waals surface area contributed by atoms with Crippen molar-refractivity contribution in [1.29, 1.82) is 0 Å². The van der Waals surface area contributed by atoms with Crippen LogP contribution in [0.25, 0.3) is 22.5 Å². The molecule has 3 heterocycles. The van der Waals surface area contributed by atoms with E-state index in [9.17, 15) is 9.59 Å². The Hall–Kier alpha value is -4.37. The molecule has 0 bridgehead atoms. The van der Waals surface area contributed by atoms with Crippen LogP contribution in [0, 0.1) is 6.92 Å². The van der Waals surface area contributed by atoms with Crippen molar-refractivity contribution in [2.45, 2.75) is 39.7 Å². The molecule has 1 unspecified atom stereocenters. The smallest absolute Gasteiger partial charge is 0.338 e. The topological polar surface area (TPSA) is 110 Å². The highest BCUT2D eigenvalue weighted by Crippen LogP contribution is 2.32. The summed E-state index contributed by atoms with van der Waals surface area (Å²) in [4.78, 5) is 34.7. The Balaban J connectivity index is 1.36. The van der Waals surface area contributed by atoms with Crippen LogP contribution in [-0.2, 0) is 4.74 Å². The average Bonchev–Trinajstić information content (AvgIpc) is 3.66. The van der Waals surface area contributed by atoms with Crippen LogP contribution in [0.1, 0.15) is 42.6 Å². The lowest BCUT2D eigenvalue weighted by atomic mass is 9.97. The molecule has 1 saturated heterocycles. The minimum Gasteiger partial charge on any atom is -0.492 e. The number of aromatic amines is 1. The number of anilines is 2. The molecule has 40 heavy (non-hydrogen) atoms. The summed E-state index contributed by atoms with van der Waals surface area (Å²) in [5.41, 5.74) is 3.31. The Morgan fingerprint density at radius 1 is 1.15 bits per heavy atom. The van der Waals surface area contributed by atoms with Crippen molar-refractivity contribution in [3.05, 3.63) is 82.4 Å². The van der Waals surface area contributed by atoms with E-state index in [1.165, 1.54) is 12.8 Å². The fourth-order valence-electron chi connectivity index (χ4n) is 4.85. The summed E-state index contributed by atoms with van der Waals surface area (Å²) in [6, 6.07) is 15.1. The van der Waals surface area contributed by atoms with Gasteiger partial charge in [0.15, 0.2) is 5.76 Å². The molecule has 1 aliphatic rings. The molecule has 0 spiro atoms. The number of nitrogens with zero attached hydrogens (tertiary/aromatic N) is 2. The lowest BCUT2D eigenvalue weighted by molar-refractivity contribution is 0.0527. The number of hydrogen-bond donors (Lipinski definition) is 2. The van der Waals surface area contributed by atoms with Crippen LogP contribution in [0.5, 0.6) is 5.75 Å². The van der Waals surface area contributed by atoms with Crippen LogP contribution >= 0.6 is 0 Å². The van der Waals surface area contributed by atoms with Crippen molar-refractivity contribution >= 4 is 17.7 Å². The first kappa shape index (κ1) is 27.2. The third-order valence-electron chi connectivity index (χ3n) is 7.12. The summed E-state index contributed by atoms with van der Waals surface area (Å²) in [6.07, 6.45) is 5.66. The van der Waals surface area contributed by atoms with E-state index in [1.807, 2.05) is 25.1 Å². The number of oxazole rings is 1. The first-order valence-corrected chi connectivity index (χ1v) is 13.6. The number of H-pyrrole nitrogens is 1. The minimum atomic E-state index is -0.500. The Kier molecular flexibility index (Phi) is 8.31.